The van der Waals surface area contributed by atoms with E-state index in [1.54, 1.807) is 6.20 Å². The number of pyridine rings is 1. The molecule has 1 aliphatic rings. The van der Waals surface area contributed by atoms with Crippen LogP contribution >= 0.6 is 27.5 Å². The molecule has 1 aromatic heterocycles. The van der Waals surface area contributed by atoms with E-state index < -0.39 is 0 Å². The summed E-state index contributed by atoms with van der Waals surface area (Å²) in [5.74, 6) is 0.775. The van der Waals surface area contributed by atoms with Crippen molar-refractivity contribution in [3.8, 4) is 0 Å². The molecule has 1 N–H and O–H groups in total. The second-order valence-electron chi connectivity index (χ2n) is 5.15. The third-order valence-corrected chi connectivity index (χ3v) is 4.38. The van der Waals surface area contributed by atoms with Crippen LogP contribution in [0.25, 0.3) is 0 Å². The van der Waals surface area contributed by atoms with E-state index in [4.69, 9.17) is 11.6 Å². The van der Waals surface area contributed by atoms with Crippen LogP contribution in [0.5, 0.6) is 0 Å². The number of nitrogens with one attached hydrogen (secondary N) is 1. The Morgan fingerprint density at radius 1 is 1.53 bits per heavy atom. The van der Waals surface area contributed by atoms with Gasteiger partial charge in [0, 0.05) is 29.8 Å². The number of hydrogen-bond acceptors (Lipinski definition) is 3. The monoisotopic (exact) mass is 345 g/mol. The second kappa shape index (κ2) is 7.46. The number of halogens is 2. The molecule has 1 unspecified atom stereocenters. The molecule has 1 saturated heterocycles. The van der Waals surface area contributed by atoms with Crippen LogP contribution in [0, 0.1) is 0 Å². The van der Waals surface area contributed by atoms with Crippen LogP contribution < -0.4 is 5.32 Å². The third kappa shape index (κ3) is 4.62. The first-order chi connectivity index (χ1) is 9.16. The molecule has 1 aromatic rings. The van der Waals surface area contributed by atoms with Crippen molar-refractivity contribution in [1.82, 2.24) is 9.88 Å². The van der Waals surface area contributed by atoms with Gasteiger partial charge in [-0.3, -0.25) is 0 Å². The van der Waals surface area contributed by atoms with E-state index in [0.717, 1.165) is 35.8 Å². The first kappa shape index (κ1) is 15.1. The minimum atomic E-state index is 0.667. The fraction of sp³-hybridized carbons (Fsp3) is 0.643. The Balaban J connectivity index is 1.71. The molecule has 3 nitrogen and oxygen atoms in total. The normalized spacial score (nSPS) is 20.5. The summed E-state index contributed by atoms with van der Waals surface area (Å²) in [6.07, 6.45) is 6.96. The van der Waals surface area contributed by atoms with Crippen molar-refractivity contribution < 1.29 is 0 Å². The molecule has 0 amide bonds. The predicted octanol–water partition coefficient (Wildman–Crippen LogP) is 4.17. The topological polar surface area (TPSA) is 28.2 Å². The van der Waals surface area contributed by atoms with Gasteiger partial charge >= 0.3 is 0 Å². The molecule has 1 aliphatic heterocycles. The molecule has 0 saturated carbocycles. The maximum absolute atomic E-state index is 6.11. The predicted molar refractivity (Wildman–Crippen MR) is 84.9 cm³/mol. The Hall–Kier alpha value is -0.320. The molecule has 0 bridgehead atoms. The molecule has 2 rings (SSSR count). The molecular weight excluding hydrogens is 326 g/mol. The standard InChI is InChI=1S/C14H21BrClN3/c1-11-5-2-3-7-19(11)8-4-6-17-14-13(16)9-12(15)10-18-14/h9-11H,2-8H2,1H3,(H,17,18). The Morgan fingerprint density at radius 2 is 2.37 bits per heavy atom. The highest BCUT2D eigenvalue weighted by atomic mass is 79.9. The average Bonchev–Trinajstić information content (AvgIpc) is 2.38. The summed E-state index contributed by atoms with van der Waals surface area (Å²) in [7, 11) is 0. The quantitative estimate of drug-likeness (QED) is 0.811. The number of piperidine rings is 1. The summed E-state index contributed by atoms with van der Waals surface area (Å²) < 4.78 is 0.908. The van der Waals surface area contributed by atoms with E-state index in [0.29, 0.717) is 5.02 Å². The van der Waals surface area contributed by atoms with Crippen molar-refractivity contribution in [3.63, 3.8) is 0 Å². The Labute approximate surface area is 128 Å². The maximum atomic E-state index is 6.11. The van der Waals surface area contributed by atoms with Crippen molar-refractivity contribution in [1.29, 1.82) is 0 Å². The van der Waals surface area contributed by atoms with Gasteiger partial charge in [0.1, 0.15) is 5.82 Å². The van der Waals surface area contributed by atoms with Crippen LogP contribution in [0.3, 0.4) is 0 Å². The van der Waals surface area contributed by atoms with Crippen LogP contribution in [-0.2, 0) is 0 Å². The molecule has 106 valence electrons. The molecule has 1 atom stereocenters. The number of rotatable bonds is 5. The van der Waals surface area contributed by atoms with Crippen LogP contribution in [-0.4, -0.2) is 35.6 Å². The fourth-order valence-electron chi connectivity index (χ4n) is 2.52. The minimum absolute atomic E-state index is 0.667. The van der Waals surface area contributed by atoms with Gasteiger partial charge in [0.05, 0.1) is 5.02 Å². The molecule has 5 heteroatoms. The zero-order valence-corrected chi connectivity index (χ0v) is 13.7. The van der Waals surface area contributed by atoms with E-state index in [9.17, 15) is 0 Å². The van der Waals surface area contributed by atoms with Crippen LogP contribution in [0.4, 0.5) is 5.82 Å². The van der Waals surface area contributed by atoms with E-state index >= 15 is 0 Å². The molecule has 19 heavy (non-hydrogen) atoms. The van der Waals surface area contributed by atoms with E-state index in [1.807, 2.05) is 6.07 Å². The van der Waals surface area contributed by atoms with Crippen molar-refractivity contribution in [2.75, 3.05) is 25.0 Å². The van der Waals surface area contributed by atoms with Gasteiger partial charge in [-0.25, -0.2) is 4.98 Å². The Kier molecular flexibility index (Phi) is 5.92. The maximum Gasteiger partial charge on any atom is 0.144 e. The third-order valence-electron chi connectivity index (χ3n) is 3.66. The van der Waals surface area contributed by atoms with E-state index in [1.165, 1.54) is 25.8 Å². The van der Waals surface area contributed by atoms with Crippen LogP contribution in [0.1, 0.15) is 32.6 Å². The summed E-state index contributed by atoms with van der Waals surface area (Å²) in [5.41, 5.74) is 0. The second-order valence-corrected chi connectivity index (χ2v) is 6.47. The van der Waals surface area contributed by atoms with Gasteiger partial charge in [-0.1, -0.05) is 18.0 Å². The largest absolute Gasteiger partial charge is 0.369 e. The lowest BCUT2D eigenvalue weighted by Crippen LogP contribution is -2.38. The summed E-state index contributed by atoms with van der Waals surface area (Å²) in [6.45, 7) is 5.65. The Bertz CT molecular complexity index is 414. The molecule has 0 radical (unpaired) electrons. The van der Waals surface area contributed by atoms with Crippen molar-refractivity contribution in [3.05, 3.63) is 21.8 Å². The van der Waals surface area contributed by atoms with Gasteiger partial charge in [-0.05, 0) is 54.7 Å². The minimum Gasteiger partial charge on any atom is -0.369 e. The smallest absolute Gasteiger partial charge is 0.144 e. The van der Waals surface area contributed by atoms with Gasteiger partial charge in [0.2, 0.25) is 0 Å². The van der Waals surface area contributed by atoms with Crippen LogP contribution in [0.2, 0.25) is 5.02 Å². The first-order valence-electron chi connectivity index (χ1n) is 6.96. The number of aromatic nitrogens is 1. The van der Waals surface area contributed by atoms with E-state index in [-0.39, 0.29) is 0 Å². The molecule has 1 fully saturated rings. The SMILES string of the molecule is CC1CCCCN1CCCNc1ncc(Br)cc1Cl. The molecule has 0 aliphatic carbocycles. The lowest BCUT2D eigenvalue weighted by atomic mass is 10.0. The number of hydrogen-bond donors (Lipinski definition) is 1. The lowest BCUT2D eigenvalue weighted by molar-refractivity contribution is 0.160. The van der Waals surface area contributed by atoms with Crippen molar-refractivity contribution >= 4 is 33.3 Å². The first-order valence-corrected chi connectivity index (χ1v) is 8.13. The number of anilines is 1. The summed E-state index contributed by atoms with van der Waals surface area (Å²) in [6, 6.07) is 2.60. The van der Waals surface area contributed by atoms with E-state index in [2.05, 4.69) is 38.1 Å². The van der Waals surface area contributed by atoms with Crippen molar-refractivity contribution in [2.45, 2.75) is 38.6 Å². The zero-order chi connectivity index (χ0) is 13.7. The average molecular weight is 347 g/mol. The van der Waals surface area contributed by atoms with Gasteiger partial charge in [-0.2, -0.15) is 0 Å². The molecule has 0 spiro atoms. The zero-order valence-electron chi connectivity index (χ0n) is 11.3. The molecule has 2 heterocycles. The van der Waals surface area contributed by atoms with Gasteiger partial charge in [0.25, 0.3) is 0 Å². The van der Waals surface area contributed by atoms with Gasteiger partial charge in [-0.15, -0.1) is 0 Å². The highest BCUT2D eigenvalue weighted by Crippen LogP contribution is 2.22. The van der Waals surface area contributed by atoms with Gasteiger partial charge < -0.3 is 10.2 Å². The fourth-order valence-corrected chi connectivity index (χ4v) is 3.22. The van der Waals surface area contributed by atoms with Crippen LogP contribution in [0.15, 0.2) is 16.7 Å². The van der Waals surface area contributed by atoms with Crippen molar-refractivity contribution in [2.24, 2.45) is 0 Å². The number of nitrogens with zero attached hydrogens (tertiary/aromatic N) is 2. The van der Waals surface area contributed by atoms with Gasteiger partial charge in [0.15, 0.2) is 0 Å². The summed E-state index contributed by atoms with van der Waals surface area (Å²) in [4.78, 5) is 6.86. The Morgan fingerprint density at radius 3 is 3.11 bits per heavy atom. The lowest BCUT2D eigenvalue weighted by Gasteiger charge is -2.33. The summed E-state index contributed by atoms with van der Waals surface area (Å²) >= 11 is 9.47. The molecular formula is C14H21BrClN3. The highest BCUT2D eigenvalue weighted by Gasteiger charge is 2.17. The highest BCUT2D eigenvalue weighted by molar-refractivity contribution is 9.10. The summed E-state index contributed by atoms with van der Waals surface area (Å²) in [5, 5.41) is 3.97. The number of likely N-dealkylation sites (tertiary alicyclic amines) is 1. The molecule has 0 aromatic carbocycles.